The molecule has 0 bridgehead atoms. The predicted octanol–water partition coefficient (Wildman–Crippen LogP) is 2.26. The van der Waals surface area contributed by atoms with Gasteiger partial charge in [-0.15, -0.1) is 0 Å². The van der Waals surface area contributed by atoms with Crippen LogP contribution in [-0.4, -0.2) is 23.4 Å². The quantitative estimate of drug-likeness (QED) is 0.445. The lowest BCUT2D eigenvalue weighted by molar-refractivity contribution is -0.136. The maximum Gasteiger partial charge on any atom is 0.329 e. The molecule has 0 aromatic heterocycles. The molecule has 2 aromatic rings. The first-order chi connectivity index (χ1) is 12.3. The third kappa shape index (κ3) is 5.52. The van der Waals surface area contributed by atoms with E-state index in [0.29, 0.717) is 22.6 Å². The average Bonchev–Trinajstić information content (AvgIpc) is 2.61. The lowest BCUT2D eigenvalue weighted by Crippen LogP contribution is -2.32. The van der Waals surface area contributed by atoms with Crippen molar-refractivity contribution in [1.82, 2.24) is 5.43 Å². The summed E-state index contributed by atoms with van der Waals surface area (Å²) in [5.41, 5.74) is 4.13. The second-order valence-electron chi connectivity index (χ2n) is 5.36. The summed E-state index contributed by atoms with van der Waals surface area (Å²) in [5.74, 6) is -2.43. The van der Waals surface area contributed by atoms with Crippen LogP contribution in [0.1, 0.15) is 19.4 Å². The molecule has 0 saturated heterocycles. The van der Waals surface area contributed by atoms with Gasteiger partial charge in [-0.2, -0.15) is 5.10 Å². The molecule has 0 saturated carbocycles. The van der Waals surface area contributed by atoms with E-state index in [0.717, 1.165) is 0 Å². The number of rotatable bonds is 4. The number of halogens is 1. The standard InChI is InChI=1S/C18H17FN4O3/c1-11(13-3-5-14(19)6-4-13)22-23-18(26)17(25)21-16-9-7-15(8-10-16)20-12(2)24/h3-10H,1-2H3,(H,20,24)(H,21,25)(H,23,26). The Morgan fingerprint density at radius 2 is 1.35 bits per heavy atom. The van der Waals surface area contributed by atoms with E-state index in [9.17, 15) is 18.8 Å². The van der Waals surface area contributed by atoms with Gasteiger partial charge in [-0.05, 0) is 48.9 Å². The fourth-order valence-electron chi connectivity index (χ4n) is 1.97. The van der Waals surface area contributed by atoms with Crippen molar-refractivity contribution >= 4 is 34.8 Å². The molecule has 0 aliphatic heterocycles. The van der Waals surface area contributed by atoms with E-state index >= 15 is 0 Å². The molecule has 0 aliphatic rings. The maximum atomic E-state index is 12.9. The summed E-state index contributed by atoms with van der Waals surface area (Å²) in [5, 5.41) is 8.82. The van der Waals surface area contributed by atoms with E-state index in [1.807, 2.05) is 0 Å². The number of hydrogen-bond acceptors (Lipinski definition) is 4. The third-order valence-corrected chi connectivity index (χ3v) is 3.26. The zero-order valence-electron chi connectivity index (χ0n) is 14.2. The van der Waals surface area contributed by atoms with Crippen LogP contribution in [0.2, 0.25) is 0 Å². The highest BCUT2D eigenvalue weighted by molar-refractivity contribution is 6.39. The highest BCUT2D eigenvalue weighted by Gasteiger charge is 2.13. The van der Waals surface area contributed by atoms with Gasteiger partial charge in [0.25, 0.3) is 0 Å². The van der Waals surface area contributed by atoms with Crippen LogP contribution in [0.5, 0.6) is 0 Å². The summed E-state index contributed by atoms with van der Waals surface area (Å²) >= 11 is 0. The number of hydrazone groups is 1. The van der Waals surface area contributed by atoms with Gasteiger partial charge in [0.2, 0.25) is 5.91 Å². The minimum atomic E-state index is -0.947. The van der Waals surface area contributed by atoms with Crippen LogP contribution in [-0.2, 0) is 14.4 Å². The van der Waals surface area contributed by atoms with Crippen LogP contribution in [0.3, 0.4) is 0 Å². The highest BCUT2D eigenvalue weighted by Crippen LogP contribution is 2.13. The molecular formula is C18H17FN4O3. The molecule has 2 rings (SSSR count). The molecule has 3 amide bonds. The van der Waals surface area contributed by atoms with Gasteiger partial charge >= 0.3 is 11.8 Å². The van der Waals surface area contributed by atoms with E-state index in [-0.39, 0.29) is 11.7 Å². The Balaban J connectivity index is 1.92. The minimum Gasteiger partial charge on any atom is -0.326 e. The zero-order chi connectivity index (χ0) is 19.1. The molecule has 0 atom stereocenters. The molecule has 0 unspecified atom stereocenters. The number of benzene rings is 2. The Morgan fingerprint density at radius 1 is 0.808 bits per heavy atom. The molecule has 0 spiro atoms. The highest BCUT2D eigenvalue weighted by atomic mass is 19.1. The summed E-state index contributed by atoms with van der Waals surface area (Å²) in [7, 11) is 0. The van der Waals surface area contributed by atoms with Gasteiger partial charge < -0.3 is 10.6 Å². The molecule has 0 radical (unpaired) electrons. The third-order valence-electron chi connectivity index (χ3n) is 3.26. The topological polar surface area (TPSA) is 99.7 Å². The van der Waals surface area contributed by atoms with Crippen LogP contribution < -0.4 is 16.1 Å². The van der Waals surface area contributed by atoms with E-state index < -0.39 is 11.8 Å². The molecule has 0 aliphatic carbocycles. The van der Waals surface area contributed by atoms with Gasteiger partial charge in [-0.1, -0.05) is 12.1 Å². The number of amides is 3. The number of carbonyl (C=O) groups is 3. The number of nitrogens with zero attached hydrogens (tertiary/aromatic N) is 1. The molecule has 7 nitrogen and oxygen atoms in total. The van der Waals surface area contributed by atoms with E-state index in [4.69, 9.17) is 0 Å². The van der Waals surface area contributed by atoms with Gasteiger partial charge in [0.1, 0.15) is 5.82 Å². The summed E-state index contributed by atoms with van der Waals surface area (Å²) in [4.78, 5) is 34.6. The number of anilines is 2. The largest absolute Gasteiger partial charge is 0.329 e. The SMILES string of the molecule is CC(=O)Nc1ccc(NC(=O)C(=O)NN=C(C)c2ccc(F)cc2)cc1. The van der Waals surface area contributed by atoms with E-state index in [1.165, 1.54) is 31.2 Å². The fraction of sp³-hybridized carbons (Fsp3) is 0.111. The zero-order valence-corrected chi connectivity index (χ0v) is 14.2. The lowest BCUT2D eigenvalue weighted by atomic mass is 10.1. The Bertz CT molecular complexity index is 846. The lowest BCUT2D eigenvalue weighted by Gasteiger charge is -2.06. The van der Waals surface area contributed by atoms with Crippen molar-refractivity contribution in [2.75, 3.05) is 10.6 Å². The smallest absolute Gasteiger partial charge is 0.326 e. The molecular weight excluding hydrogens is 339 g/mol. The molecule has 8 heteroatoms. The van der Waals surface area contributed by atoms with Crippen molar-refractivity contribution in [3.63, 3.8) is 0 Å². The van der Waals surface area contributed by atoms with Gasteiger partial charge in [0.05, 0.1) is 5.71 Å². The van der Waals surface area contributed by atoms with Crippen molar-refractivity contribution in [3.8, 4) is 0 Å². The fourth-order valence-corrected chi connectivity index (χ4v) is 1.97. The summed E-state index contributed by atoms with van der Waals surface area (Å²) in [6, 6.07) is 11.8. The van der Waals surface area contributed by atoms with E-state index in [1.54, 1.807) is 31.2 Å². The minimum absolute atomic E-state index is 0.212. The van der Waals surface area contributed by atoms with Crippen LogP contribution in [0.4, 0.5) is 15.8 Å². The Hall–Kier alpha value is -3.55. The first-order valence-electron chi connectivity index (χ1n) is 7.64. The molecule has 3 N–H and O–H groups in total. The normalized spacial score (nSPS) is 10.8. The van der Waals surface area contributed by atoms with Crippen LogP contribution >= 0.6 is 0 Å². The molecule has 0 heterocycles. The number of hydrogen-bond donors (Lipinski definition) is 3. The van der Waals surface area contributed by atoms with Gasteiger partial charge in [-0.25, -0.2) is 9.82 Å². The summed E-state index contributed by atoms with van der Waals surface area (Å²) in [6.07, 6.45) is 0. The number of nitrogens with one attached hydrogen (secondary N) is 3. The van der Waals surface area contributed by atoms with Crippen LogP contribution in [0.15, 0.2) is 53.6 Å². The first kappa shape index (κ1) is 18.8. The number of carbonyl (C=O) groups excluding carboxylic acids is 3. The summed E-state index contributed by atoms with van der Waals surface area (Å²) < 4.78 is 12.9. The van der Waals surface area contributed by atoms with Crippen molar-refractivity contribution in [2.24, 2.45) is 5.10 Å². The first-order valence-corrected chi connectivity index (χ1v) is 7.64. The van der Waals surface area contributed by atoms with Crippen molar-refractivity contribution in [2.45, 2.75) is 13.8 Å². The van der Waals surface area contributed by atoms with Gasteiger partial charge in [-0.3, -0.25) is 14.4 Å². The van der Waals surface area contributed by atoms with Crippen LogP contribution in [0.25, 0.3) is 0 Å². The Labute approximate surface area is 149 Å². The molecule has 26 heavy (non-hydrogen) atoms. The van der Waals surface area contributed by atoms with Crippen LogP contribution in [0, 0.1) is 5.82 Å². The predicted molar refractivity (Wildman–Crippen MR) is 96.1 cm³/mol. The van der Waals surface area contributed by atoms with Crippen molar-refractivity contribution in [3.05, 3.63) is 59.9 Å². The maximum absolute atomic E-state index is 12.9. The Kier molecular flexibility index (Phi) is 6.15. The second kappa shape index (κ2) is 8.52. The monoisotopic (exact) mass is 356 g/mol. The second-order valence-corrected chi connectivity index (χ2v) is 5.36. The Morgan fingerprint density at radius 3 is 1.88 bits per heavy atom. The van der Waals surface area contributed by atoms with Gasteiger partial charge in [0.15, 0.2) is 0 Å². The molecule has 134 valence electrons. The van der Waals surface area contributed by atoms with Crippen molar-refractivity contribution in [1.29, 1.82) is 0 Å². The van der Waals surface area contributed by atoms with E-state index in [2.05, 4.69) is 21.2 Å². The summed E-state index contributed by atoms with van der Waals surface area (Å²) in [6.45, 7) is 3.00. The molecule has 2 aromatic carbocycles. The van der Waals surface area contributed by atoms with Gasteiger partial charge in [0, 0.05) is 18.3 Å². The van der Waals surface area contributed by atoms with Crippen molar-refractivity contribution < 1.29 is 18.8 Å². The molecule has 0 fully saturated rings. The average molecular weight is 356 g/mol.